The topological polar surface area (TPSA) is 84.5 Å². The van der Waals surface area contributed by atoms with E-state index >= 15 is 0 Å². The predicted molar refractivity (Wildman–Crippen MR) is 139 cm³/mol. The molecule has 5 rings (SSSR count). The number of para-hydroxylation sites is 1. The Bertz CT molecular complexity index is 1330. The van der Waals surface area contributed by atoms with Crippen LogP contribution in [0.2, 0.25) is 0 Å². The van der Waals surface area contributed by atoms with E-state index in [-0.39, 0.29) is 0 Å². The number of aryl methyl sites for hydroxylation is 1. The molecule has 0 unspecified atom stereocenters. The van der Waals surface area contributed by atoms with Crippen LogP contribution in [0.1, 0.15) is 6.42 Å². The van der Waals surface area contributed by atoms with Crippen molar-refractivity contribution in [2.45, 2.75) is 12.5 Å². The van der Waals surface area contributed by atoms with E-state index in [4.69, 9.17) is 15.5 Å². The molecule has 3 heterocycles. The Hall–Kier alpha value is -3.78. The van der Waals surface area contributed by atoms with Crippen molar-refractivity contribution in [2.24, 2.45) is 7.05 Å². The van der Waals surface area contributed by atoms with Crippen molar-refractivity contribution in [1.82, 2.24) is 19.4 Å². The maximum Gasteiger partial charge on any atom is 0.227 e. The van der Waals surface area contributed by atoms with Crippen LogP contribution in [0.5, 0.6) is 5.75 Å². The van der Waals surface area contributed by atoms with Crippen LogP contribution < -0.4 is 20.7 Å². The molecule has 0 amide bonds. The van der Waals surface area contributed by atoms with Crippen LogP contribution in [0.25, 0.3) is 22.2 Å². The van der Waals surface area contributed by atoms with Gasteiger partial charge in [-0.15, -0.1) is 0 Å². The summed E-state index contributed by atoms with van der Waals surface area (Å²) in [4.78, 5) is 13.8. The normalized spacial score (nSPS) is 16.2. The fourth-order valence-corrected chi connectivity index (χ4v) is 4.82. The van der Waals surface area contributed by atoms with Crippen LogP contribution in [0.4, 0.5) is 23.0 Å². The average Bonchev–Trinajstić information content (AvgIpc) is 3.42. The second-order valence-electron chi connectivity index (χ2n) is 8.99. The summed E-state index contributed by atoms with van der Waals surface area (Å²) in [5.74, 6) is 1.18. The van der Waals surface area contributed by atoms with Crippen LogP contribution >= 0.6 is 0 Å². The Morgan fingerprint density at radius 1 is 1.18 bits per heavy atom. The maximum absolute atomic E-state index is 6.49. The zero-order valence-corrected chi connectivity index (χ0v) is 20.1. The quantitative estimate of drug-likeness (QED) is 0.422. The van der Waals surface area contributed by atoms with Gasteiger partial charge in [-0.1, -0.05) is 18.2 Å². The number of fused-ring (bicyclic) bond motifs is 1. The molecule has 0 radical (unpaired) electrons. The largest absolute Gasteiger partial charge is 0.494 e. The molecule has 1 fully saturated rings. The number of aromatic nitrogens is 3. The lowest BCUT2D eigenvalue weighted by molar-refractivity contribution is 0.409. The second kappa shape index (κ2) is 8.87. The number of rotatable bonds is 6. The smallest absolute Gasteiger partial charge is 0.227 e. The molecular weight excluding hydrogens is 426 g/mol. The van der Waals surface area contributed by atoms with E-state index in [1.54, 1.807) is 13.3 Å². The summed E-state index contributed by atoms with van der Waals surface area (Å²) < 4.78 is 7.82. The number of hydrogen-bond acceptors (Lipinski definition) is 7. The number of nitrogen functional groups attached to an aromatic ring is 1. The Morgan fingerprint density at radius 3 is 2.76 bits per heavy atom. The van der Waals surface area contributed by atoms with Crippen LogP contribution in [0.15, 0.2) is 54.9 Å². The minimum absolute atomic E-state index is 0.427. The molecule has 3 N–H and O–H groups in total. The van der Waals surface area contributed by atoms with Gasteiger partial charge in [-0.05, 0) is 38.2 Å². The second-order valence-corrected chi connectivity index (χ2v) is 8.99. The Kier molecular flexibility index (Phi) is 5.75. The lowest BCUT2D eigenvalue weighted by Crippen LogP contribution is -2.34. The van der Waals surface area contributed by atoms with E-state index in [9.17, 15) is 0 Å². The molecule has 0 saturated carbocycles. The third-order valence-electron chi connectivity index (χ3n) is 6.72. The van der Waals surface area contributed by atoms with Gasteiger partial charge in [0.1, 0.15) is 5.75 Å². The lowest BCUT2D eigenvalue weighted by Gasteiger charge is -2.28. The van der Waals surface area contributed by atoms with Crippen molar-refractivity contribution in [1.29, 1.82) is 0 Å². The zero-order valence-electron chi connectivity index (χ0n) is 20.1. The number of hydrogen-bond donors (Lipinski definition) is 2. The fourth-order valence-electron chi connectivity index (χ4n) is 4.82. The number of benzene rings is 2. The molecule has 1 aliphatic rings. The number of likely N-dealkylation sites (tertiary alicyclic amines) is 1. The highest BCUT2D eigenvalue weighted by molar-refractivity contribution is 5.95. The van der Waals surface area contributed by atoms with E-state index < -0.39 is 0 Å². The molecule has 176 valence electrons. The van der Waals surface area contributed by atoms with Gasteiger partial charge in [0.15, 0.2) is 0 Å². The Morgan fingerprint density at radius 2 is 2.00 bits per heavy atom. The van der Waals surface area contributed by atoms with E-state index in [1.807, 2.05) is 37.4 Å². The molecule has 0 bridgehead atoms. The van der Waals surface area contributed by atoms with Crippen molar-refractivity contribution >= 4 is 33.9 Å². The molecule has 2 aromatic carbocycles. The third kappa shape index (κ3) is 4.01. The first-order chi connectivity index (χ1) is 16.4. The molecule has 34 heavy (non-hydrogen) atoms. The summed E-state index contributed by atoms with van der Waals surface area (Å²) in [6, 6.07) is 14.5. The van der Waals surface area contributed by atoms with Gasteiger partial charge in [0.25, 0.3) is 0 Å². The number of nitrogens with zero attached hydrogens (tertiary/aromatic N) is 5. The van der Waals surface area contributed by atoms with Gasteiger partial charge in [-0.3, -0.25) is 0 Å². The molecule has 8 heteroatoms. The van der Waals surface area contributed by atoms with E-state index in [0.29, 0.717) is 23.4 Å². The minimum atomic E-state index is 0.427. The van der Waals surface area contributed by atoms with E-state index in [2.05, 4.69) is 57.1 Å². The van der Waals surface area contributed by atoms with Gasteiger partial charge in [0, 0.05) is 61.6 Å². The molecule has 0 aliphatic carbocycles. The van der Waals surface area contributed by atoms with E-state index in [0.717, 1.165) is 53.0 Å². The first-order valence-electron chi connectivity index (χ1n) is 11.5. The van der Waals surface area contributed by atoms with Crippen molar-refractivity contribution in [3.05, 3.63) is 54.9 Å². The number of methoxy groups -OCH3 is 1. The molecule has 8 nitrogen and oxygen atoms in total. The highest BCUT2D eigenvalue weighted by Gasteiger charge is 2.25. The van der Waals surface area contributed by atoms with Gasteiger partial charge in [-0.25, -0.2) is 9.97 Å². The van der Waals surface area contributed by atoms with E-state index in [1.165, 1.54) is 0 Å². The van der Waals surface area contributed by atoms with Crippen molar-refractivity contribution in [3.8, 4) is 17.0 Å². The summed E-state index contributed by atoms with van der Waals surface area (Å²) in [7, 11) is 7.95. The van der Waals surface area contributed by atoms with Crippen LogP contribution in [-0.4, -0.2) is 59.8 Å². The number of nitrogens with one attached hydrogen (secondary N) is 1. The fraction of sp³-hybridized carbons (Fsp3) is 0.308. The Labute approximate surface area is 200 Å². The maximum atomic E-state index is 6.49. The van der Waals surface area contributed by atoms with Crippen molar-refractivity contribution in [3.63, 3.8) is 0 Å². The first-order valence-corrected chi connectivity index (χ1v) is 11.5. The van der Waals surface area contributed by atoms with Crippen molar-refractivity contribution < 1.29 is 4.74 Å². The van der Waals surface area contributed by atoms with Crippen LogP contribution in [0.3, 0.4) is 0 Å². The zero-order chi connectivity index (χ0) is 23.8. The van der Waals surface area contributed by atoms with Crippen LogP contribution in [0, 0.1) is 0 Å². The molecular formula is C26H31N7O. The summed E-state index contributed by atoms with van der Waals surface area (Å²) in [6.07, 6.45) is 4.98. The standard InChI is InChI=1S/C26H31N7O/c1-31-12-10-17(15-31)33(3)24-14-25(34-4)22(13-20(24)27)30-26-28-11-9-21(29-26)19-16-32(2)23-8-6-5-7-18(19)23/h5-9,11,13-14,16-17H,10,12,15,27H2,1-4H3,(H,28,29,30)/t17-/m1/s1. The predicted octanol–water partition coefficient (Wildman–Crippen LogP) is 4.11. The first kappa shape index (κ1) is 22.0. The lowest BCUT2D eigenvalue weighted by atomic mass is 10.1. The van der Waals surface area contributed by atoms with Gasteiger partial charge in [0.05, 0.1) is 29.9 Å². The van der Waals surface area contributed by atoms with Gasteiger partial charge < -0.3 is 30.2 Å². The highest BCUT2D eigenvalue weighted by atomic mass is 16.5. The number of likely N-dealkylation sites (N-methyl/N-ethyl adjacent to an activating group) is 2. The Balaban J connectivity index is 1.45. The molecule has 2 aromatic heterocycles. The average molecular weight is 458 g/mol. The van der Waals surface area contributed by atoms with Crippen molar-refractivity contribution in [2.75, 3.05) is 50.2 Å². The molecule has 4 aromatic rings. The highest BCUT2D eigenvalue weighted by Crippen LogP contribution is 2.38. The summed E-state index contributed by atoms with van der Waals surface area (Å²) in [5, 5.41) is 4.47. The summed E-state index contributed by atoms with van der Waals surface area (Å²) in [6.45, 7) is 2.11. The van der Waals surface area contributed by atoms with Gasteiger partial charge >= 0.3 is 0 Å². The van der Waals surface area contributed by atoms with Gasteiger partial charge in [-0.2, -0.15) is 0 Å². The molecule has 1 atom stereocenters. The minimum Gasteiger partial charge on any atom is -0.494 e. The molecule has 0 spiro atoms. The molecule has 1 aliphatic heterocycles. The summed E-state index contributed by atoms with van der Waals surface area (Å²) in [5.41, 5.74) is 12.0. The number of nitrogens with two attached hydrogens (primary N) is 1. The van der Waals surface area contributed by atoms with Gasteiger partial charge in [0.2, 0.25) is 5.95 Å². The third-order valence-corrected chi connectivity index (χ3v) is 6.72. The molecule has 1 saturated heterocycles. The SMILES string of the molecule is COc1cc(N(C)[C@@H]2CCN(C)C2)c(N)cc1Nc1nccc(-c2cn(C)c3ccccc23)n1. The number of ether oxygens (including phenoxy) is 1. The summed E-state index contributed by atoms with van der Waals surface area (Å²) >= 11 is 0. The monoisotopic (exact) mass is 457 g/mol. The van der Waals surface area contributed by atoms with Crippen LogP contribution in [-0.2, 0) is 7.05 Å². The number of anilines is 4.